The highest BCUT2D eigenvalue weighted by Crippen LogP contribution is 2.35. The quantitative estimate of drug-likeness (QED) is 0.865. The van der Waals surface area contributed by atoms with Gasteiger partial charge >= 0.3 is 6.18 Å². The summed E-state index contributed by atoms with van der Waals surface area (Å²) in [6.45, 7) is -0.0266. The lowest BCUT2D eigenvalue weighted by Crippen LogP contribution is -2.33. The fourth-order valence-electron chi connectivity index (χ4n) is 2.18. The van der Waals surface area contributed by atoms with Crippen LogP contribution in [0.4, 0.5) is 18.9 Å². The van der Waals surface area contributed by atoms with Crippen LogP contribution in [0.15, 0.2) is 18.2 Å². The van der Waals surface area contributed by atoms with E-state index in [9.17, 15) is 22.8 Å². The number of nitriles is 1. The minimum Gasteiger partial charge on any atom is -0.383 e. The first-order valence-corrected chi connectivity index (χ1v) is 6.51. The van der Waals surface area contributed by atoms with Gasteiger partial charge in [0.15, 0.2) is 0 Å². The summed E-state index contributed by atoms with van der Waals surface area (Å²) in [5, 5.41) is 11.3. The number of alkyl halides is 3. The third-order valence-corrected chi connectivity index (χ3v) is 3.26. The Bertz CT molecular complexity index is 634. The average molecular weight is 311 g/mol. The van der Waals surface area contributed by atoms with E-state index in [1.165, 1.54) is 0 Å². The third kappa shape index (κ3) is 3.36. The largest absolute Gasteiger partial charge is 0.418 e. The van der Waals surface area contributed by atoms with Crippen molar-refractivity contribution in [1.29, 1.82) is 5.26 Å². The molecule has 5 nitrogen and oxygen atoms in total. The summed E-state index contributed by atoms with van der Waals surface area (Å²) in [5.41, 5.74) is -1.06. The van der Waals surface area contributed by atoms with Crippen LogP contribution in [-0.2, 0) is 15.8 Å². The lowest BCUT2D eigenvalue weighted by Gasteiger charge is -2.17. The minimum atomic E-state index is -4.56. The highest BCUT2D eigenvalue weighted by molar-refractivity contribution is 6.01. The van der Waals surface area contributed by atoms with Gasteiger partial charge in [-0.05, 0) is 18.2 Å². The number of carbonyl (C=O) groups is 2. The summed E-state index contributed by atoms with van der Waals surface area (Å²) in [4.78, 5) is 23.8. The number of nitrogens with zero attached hydrogens (tertiary/aromatic N) is 2. The zero-order chi connectivity index (χ0) is 16.3. The lowest BCUT2D eigenvalue weighted by molar-refractivity contribution is -0.139. The number of amides is 2. The number of anilines is 1. The Kier molecular flexibility index (Phi) is 4.35. The van der Waals surface area contributed by atoms with Gasteiger partial charge in [-0.2, -0.15) is 18.4 Å². The molecule has 0 aliphatic carbocycles. The molecule has 22 heavy (non-hydrogen) atoms. The van der Waals surface area contributed by atoms with E-state index in [1.807, 2.05) is 0 Å². The number of rotatable bonds is 4. The maximum Gasteiger partial charge on any atom is 0.418 e. The molecule has 1 aromatic carbocycles. The monoisotopic (exact) mass is 311 g/mol. The van der Waals surface area contributed by atoms with Gasteiger partial charge < -0.3 is 5.32 Å². The van der Waals surface area contributed by atoms with Crippen LogP contribution >= 0.6 is 0 Å². The molecule has 1 saturated heterocycles. The molecule has 0 saturated carbocycles. The molecular weight excluding hydrogens is 299 g/mol. The van der Waals surface area contributed by atoms with Crippen LogP contribution in [0, 0.1) is 11.3 Å². The summed E-state index contributed by atoms with van der Waals surface area (Å²) in [5.74, 6) is -0.651. The normalized spacial score (nSPS) is 15.1. The fourth-order valence-corrected chi connectivity index (χ4v) is 2.18. The molecule has 1 heterocycles. The molecule has 8 heteroatoms. The van der Waals surface area contributed by atoms with Gasteiger partial charge in [0.05, 0.1) is 17.2 Å². The topological polar surface area (TPSA) is 73.2 Å². The number of carbonyl (C=O) groups excluding carboxylic acids is 2. The van der Waals surface area contributed by atoms with Crippen LogP contribution in [0.25, 0.3) is 0 Å². The molecule has 0 aromatic heterocycles. The summed E-state index contributed by atoms with van der Waals surface area (Å²) in [6, 6.07) is 4.77. The van der Waals surface area contributed by atoms with E-state index in [0.29, 0.717) is 0 Å². The number of halogens is 3. The second kappa shape index (κ2) is 6.05. The first-order valence-electron chi connectivity index (χ1n) is 6.51. The average Bonchev–Trinajstić information content (AvgIpc) is 2.77. The SMILES string of the molecule is N#Cc1ccc(C(F)(F)F)c(NCCN2C(=O)CCC2=O)c1. The van der Waals surface area contributed by atoms with Gasteiger partial charge in [0.25, 0.3) is 0 Å². The smallest absolute Gasteiger partial charge is 0.383 e. The molecule has 116 valence electrons. The molecular formula is C14H12F3N3O2. The van der Waals surface area contributed by atoms with E-state index in [4.69, 9.17) is 5.26 Å². The van der Waals surface area contributed by atoms with Crippen molar-refractivity contribution in [3.8, 4) is 6.07 Å². The van der Waals surface area contributed by atoms with Crippen LogP contribution in [0.2, 0.25) is 0 Å². The molecule has 0 atom stereocenters. The number of imide groups is 1. The molecule has 1 fully saturated rings. The highest BCUT2D eigenvalue weighted by atomic mass is 19.4. The van der Waals surface area contributed by atoms with Crippen LogP contribution in [0.3, 0.4) is 0 Å². The summed E-state index contributed by atoms with van der Waals surface area (Å²) in [7, 11) is 0. The number of nitrogens with one attached hydrogen (secondary N) is 1. The fraction of sp³-hybridized carbons (Fsp3) is 0.357. The molecule has 1 N–H and O–H groups in total. The Morgan fingerprint density at radius 1 is 1.23 bits per heavy atom. The van der Waals surface area contributed by atoms with Gasteiger partial charge in [0, 0.05) is 31.6 Å². The molecule has 1 aliphatic rings. The summed E-state index contributed by atoms with van der Waals surface area (Å²) < 4.78 is 38.7. The Morgan fingerprint density at radius 3 is 2.41 bits per heavy atom. The maximum absolute atomic E-state index is 12.9. The maximum atomic E-state index is 12.9. The van der Waals surface area contributed by atoms with Crippen LogP contribution in [-0.4, -0.2) is 29.8 Å². The third-order valence-electron chi connectivity index (χ3n) is 3.26. The zero-order valence-electron chi connectivity index (χ0n) is 11.4. The predicted octanol–water partition coefficient (Wildman–Crippen LogP) is 2.14. The van der Waals surface area contributed by atoms with Crippen molar-refractivity contribution in [3.05, 3.63) is 29.3 Å². The van der Waals surface area contributed by atoms with Crippen molar-refractivity contribution in [1.82, 2.24) is 4.90 Å². The van der Waals surface area contributed by atoms with E-state index >= 15 is 0 Å². The molecule has 1 aromatic rings. The van der Waals surface area contributed by atoms with Crippen molar-refractivity contribution in [3.63, 3.8) is 0 Å². The van der Waals surface area contributed by atoms with Crippen LogP contribution in [0.1, 0.15) is 24.0 Å². The number of benzene rings is 1. The molecule has 0 unspecified atom stereocenters. The first kappa shape index (κ1) is 15.8. The van der Waals surface area contributed by atoms with E-state index < -0.39 is 11.7 Å². The second-order valence-corrected chi connectivity index (χ2v) is 4.74. The van der Waals surface area contributed by atoms with Gasteiger partial charge in [-0.3, -0.25) is 14.5 Å². The van der Waals surface area contributed by atoms with Gasteiger partial charge in [0.2, 0.25) is 11.8 Å². The van der Waals surface area contributed by atoms with Crippen LogP contribution < -0.4 is 5.32 Å². The Morgan fingerprint density at radius 2 is 1.86 bits per heavy atom. The van der Waals surface area contributed by atoms with Gasteiger partial charge in [-0.25, -0.2) is 0 Å². The molecule has 2 rings (SSSR count). The van der Waals surface area contributed by atoms with Crippen LogP contribution in [0.5, 0.6) is 0 Å². The molecule has 2 amide bonds. The van der Waals surface area contributed by atoms with Crippen molar-refractivity contribution >= 4 is 17.5 Å². The number of likely N-dealkylation sites (tertiary alicyclic amines) is 1. The van der Waals surface area contributed by atoms with Crippen molar-refractivity contribution in [2.45, 2.75) is 19.0 Å². The van der Waals surface area contributed by atoms with E-state index in [-0.39, 0.29) is 49.0 Å². The van der Waals surface area contributed by atoms with E-state index in [2.05, 4.69) is 5.32 Å². The second-order valence-electron chi connectivity index (χ2n) is 4.74. The lowest BCUT2D eigenvalue weighted by atomic mass is 10.1. The zero-order valence-corrected chi connectivity index (χ0v) is 11.4. The van der Waals surface area contributed by atoms with E-state index in [1.54, 1.807) is 6.07 Å². The van der Waals surface area contributed by atoms with Crippen molar-refractivity contribution in [2.24, 2.45) is 0 Å². The van der Waals surface area contributed by atoms with Gasteiger partial charge in [0.1, 0.15) is 0 Å². The first-order chi connectivity index (χ1) is 10.3. The molecule has 0 radical (unpaired) electrons. The molecule has 0 bridgehead atoms. The van der Waals surface area contributed by atoms with Crippen molar-refractivity contribution < 1.29 is 22.8 Å². The molecule has 0 spiro atoms. The molecule has 1 aliphatic heterocycles. The summed E-state index contributed by atoms with van der Waals surface area (Å²) in [6.07, 6.45) is -4.29. The number of hydrogen-bond donors (Lipinski definition) is 1. The Balaban J connectivity index is 2.10. The van der Waals surface area contributed by atoms with Gasteiger partial charge in [-0.15, -0.1) is 0 Å². The predicted molar refractivity (Wildman–Crippen MR) is 70.6 cm³/mol. The highest BCUT2D eigenvalue weighted by Gasteiger charge is 2.34. The summed E-state index contributed by atoms with van der Waals surface area (Å²) >= 11 is 0. The number of hydrogen-bond acceptors (Lipinski definition) is 4. The standard InChI is InChI=1S/C14H12F3N3O2/c15-14(16,17)10-2-1-9(8-18)7-11(10)19-5-6-20-12(21)3-4-13(20)22/h1-2,7,19H,3-6H2. The van der Waals surface area contributed by atoms with Crippen molar-refractivity contribution in [2.75, 3.05) is 18.4 Å². The Hall–Kier alpha value is -2.56. The van der Waals surface area contributed by atoms with E-state index in [0.717, 1.165) is 23.1 Å². The van der Waals surface area contributed by atoms with Gasteiger partial charge in [-0.1, -0.05) is 0 Å². The minimum absolute atomic E-state index is 0.00819. The Labute approximate surface area is 124 Å².